The molecule has 2 aromatic rings. The Morgan fingerprint density at radius 2 is 2.00 bits per heavy atom. The number of rotatable bonds is 3. The number of anilines is 1. The van der Waals surface area contributed by atoms with Crippen molar-refractivity contribution in [3.8, 4) is 17.0 Å². The summed E-state index contributed by atoms with van der Waals surface area (Å²) in [6.45, 7) is 3.94. The summed E-state index contributed by atoms with van der Waals surface area (Å²) in [5.74, 6) is 1.13. The fourth-order valence-corrected chi connectivity index (χ4v) is 1.74. The highest BCUT2D eigenvalue weighted by molar-refractivity contribution is 6.33. The van der Waals surface area contributed by atoms with E-state index in [4.69, 9.17) is 22.1 Å². The number of benzene rings is 1. The van der Waals surface area contributed by atoms with Crippen molar-refractivity contribution in [2.24, 2.45) is 0 Å². The van der Waals surface area contributed by atoms with E-state index in [1.54, 1.807) is 12.3 Å². The SMILES string of the molecule is CC(C)Oc1ccc(Cl)c(-c2cnc(N)cn2)c1. The lowest BCUT2D eigenvalue weighted by molar-refractivity contribution is 0.242. The van der Waals surface area contributed by atoms with Gasteiger partial charge >= 0.3 is 0 Å². The highest BCUT2D eigenvalue weighted by Gasteiger charge is 2.08. The molecule has 0 aliphatic heterocycles. The Bertz CT molecular complexity index is 540. The van der Waals surface area contributed by atoms with Gasteiger partial charge < -0.3 is 10.5 Å². The average Bonchev–Trinajstić information content (AvgIpc) is 2.32. The van der Waals surface area contributed by atoms with E-state index in [1.807, 2.05) is 26.0 Å². The summed E-state index contributed by atoms with van der Waals surface area (Å²) in [6, 6.07) is 5.46. The summed E-state index contributed by atoms with van der Waals surface area (Å²) in [5, 5.41) is 0.602. The molecule has 0 radical (unpaired) electrons. The number of hydrogen-bond donors (Lipinski definition) is 1. The first-order valence-corrected chi connectivity index (χ1v) is 5.98. The summed E-state index contributed by atoms with van der Waals surface area (Å²) in [7, 11) is 0. The lowest BCUT2D eigenvalue weighted by Gasteiger charge is -2.11. The zero-order valence-electron chi connectivity index (χ0n) is 10.2. The molecule has 1 aromatic carbocycles. The number of nitrogens with two attached hydrogens (primary N) is 1. The van der Waals surface area contributed by atoms with Crippen LogP contribution < -0.4 is 10.5 Å². The van der Waals surface area contributed by atoms with Crippen LogP contribution in [0.15, 0.2) is 30.6 Å². The fourth-order valence-electron chi connectivity index (χ4n) is 1.52. The van der Waals surface area contributed by atoms with Gasteiger partial charge in [0.25, 0.3) is 0 Å². The maximum atomic E-state index is 6.15. The first-order chi connectivity index (χ1) is 8.56. The van der Waals surface area contributed by atoms with Crippen LogP contribution in [0.1, 0.15) is 13.8 Å². The van der Waals surface area contributed by atoms with Crippen LogP contribution in [0.25, 0.3) is 11.3 Å². The largest absolute Gasteiger partial charge is 0.491 e. The zero-order valence-corrected chi connectivity index (χ0v) is 11.0. The number of nitrogen functional groups attached to an aromatic ring is 1. The Morgan fingerprint density at radius 1 is 1.22 bits per heavy atom. The smallest absolute Gasteiger partial charge is 0.141 e. The maximum absolute atomic E-state index is 6.15. The summed E-state index contributed by atoms with van der Waals surface area (Å²) in [4.78, 5) is 8.21. The first kappa shape index (κ1) is 12.6. The molecule has 0 saturated heterocycles. The number of ether oxygens (including phenoxy) is 1. The molecule has 94 valence electrons. The van der Waals surface area contributed by atoms with Gasteiger partial charge in [-0.2, -0.15) is 0 Å². The Labute approximate surface area is 111 Å². The minimum absolute atomic E-state index is 0.108. The molecule has 1 heterocycles. The standard InChI is InChI=1S/C13H14ClN3O/c1-8(2)18-9-3-4-11(14)10(5-9)12-6-17-13(15)7-16-12/h3-8H,1-2H3,(H2,15,17). The van der Waals surface area contributed by atoms with Gasteiger partial charge in [-0.1, -0.05) is 11.6 Å². The third kappa shape index (κ3) is 2.90. The van der Waals surface area contributed by atoms with E-state index in [0.717, 1.165) is 11.3 Å². The Balaban J connectivity index is 2.39. The maximum Gasteiger partial charge on any atom is 0.141 e. The summed E-state index contributed by atoms with van der Waals surface area (Å²) in [5.41, 5.74) is 6.96. The highest BCUT2D eigenvalue weighted by atomic mass is 35.5. The van der Waals surface area contributed by atoms with Crippen LogP contribution in [-0.4, -0.2) is 16.1 Å². The summed E-state index contributed by atoms with van der Waals surface area (Å²) >= 11 is 6.15. The van der Waals surface area contributed by atoms with Crippen LogP contribution in [-0.2, 0) is 0 Å². The molecule has 0 spiro atoms. The lowest BCUT2D eigenvalue weighted by atomic mass is 10.1. The summed E-state index contributed by atoms with van der Waals surface area (Å²) in [6.07, 6.45) is 3.20. The molecule has 0 aliphatic carbocycles. The molecular formula is C13H14ClN3O. The van der Waals surface area contributed by atoms with Crippen molar-refractivity contribution < 1.29 is 4.74 Å². The van der Waals surface area contributed by atoms with Gasteiger partial charge in [0.15, 0.2) is 0 Å². The van der Waals surface area contributed by atoms with Gasteiger partial charge in [0.2, 0.25) is 0 Å². The number of nitrogens with zero attached hydrogens (tertiary/aromatic N) is 2. The quantitative estimate of drug-likeness (QED) is 0.924. The molecule has 0 saturated carbocycles. The van der Waals surface area contributed by atoms with E-state index in [9.17, 15) is 0 Å². The van der Waals surface area contributed by atoms with Crippen molar-refractivity contribution in [2.45, 2.75) is 20.0 Å². The molecular weight excluding hydrogens is 250 g/mol. The van der Waals surface area contributed by atoms with Gasteiger partial charge in [0.1, 0.15) is 11.6 Å². The van der Waals surface area contributed by atoms with Gasteiger partial charge in [-0.3, -0.25) is 4.98 Å². The highest BCUT2D eigenvalue weighted by Crippen LogP contribution is 2.30. The molecule has 2 N–H and O–H groups in total. The van der Waals surface area contributed by atoms with Crippen LogP contribution >= 0.6 is 11.6 Å². The first-order valence-electron chi connectivity index (χ1n) is 5.60. The third-order valence-corrected chi connectivity index (χ3v) is 2.59. The van der Waals surface area contributed by atoms with Crippen molar-refractivity contribution in [2.75, 3.05) is 5.73 Å². The normalized spacial score (nSPS) is 10.7. The second kappa shape index (κ2) is 5.23. The van der Waals surface area contributed by atoms with E-state index in [0.29, 0.717) is 16.5 Å². The predicted octanol–water partition coefficient (Wildman–Crippen LogP) is 3.17. The van der Waals surface area contributed by atoms with E-state index in [2.05, 4.69) is 9.97 Å². The molecule has 5 heteroatoms. The Hall–Kier alpha value is -1.81. The van der Waals surface area contributed by atoms with Crippen molar-refractivity contribution >= 4 is 17.4 Å². The van der Waals surface area contributed by atoms with Crippen molar-refractivity contribution in [3.05, 3.63) is 35.6 Å². The van der Waals surface area contributed by atoms with E-state index in [1.165, 1.54) is 6.20 Å². The van der Waals surface area contributed by atoms with Gasteiger partial charge in [0, 0.05) is 5.56 Å². The second-order valence-electron chi connectivity index (χ2n) is 4.13. The molecule has 18 heavy (non-hydrogen) atoms. The lowest BCUT2D eigenvalue weighted by Crippen LogP contribution is -2.05. The van der Waals surface area contributed by atoms with E-state index < -0.39 is 0 Å². The Morgan fingerprint density at radius 3 is 2.61 bits per heavy atom. The Kier molecular flexibility index (Phi) is 3.67. The fraction of sp³-hybridized carbons (Fsp3) is 0.231. The van der Waals surface area contributed by atoms with Gasteiger partial charge in [-0.15, -0.1) is 0 Å². The molecule has 2 rings (SSSR count). The minimum Gasteiger partial charge on any atom is -0.491 e. The van der Waals surface area contributed by atoms with Crippen LogP contribution in [0.5, 0.6) is 5.75 Å². The molecule has 0 bridgehead atoms. The minimum atomic E-state index is 0.108. The van der Waals surface area contributed by atoms with Gasteiger partial charge in [0.05, 0.1) is 29.2 Å². The zero-order chi connectivity index (χ0) is 13.1. The second-order valence-corrected chi connectivity index (χ2v) is 4.54. The summed E-state index contributed by atoms with van der Waals surface area (Å²) < 4.78 is 5.62. The number of aromatic nitrogens is 2. The molecule has 4 nitrogen and oxygen atoms in total. The number of halogens is 1. The number of hydrogen-bond acceptors (Lipinski definition) is 4. The van der Waals surface area contributed by atoms with Gasteiger partial charge in [-0.05, 0) is 32.0 Å². The molecule has 0 fully saturated rings. The molecule has 0 atom stereocenters. The van der Waals surface area contributed by atoms with E-state index in [-0.39, 0.29) is 6.10 Å². The van der Waals surface area contributed by atoms with Crippen molar-refractivity contribution in [3.63, 3.8) is 0 Å². The molecule has 0 amide bonds. The predicted molar refractivity (Wildman–Crippen MR) is 72.7 cm³/mol. The average molecular weight is 264 g/mol. The van der Waals surface area contributed by atoms with Crippen LogP contribution in [0, 0.1) is 0 Å². The van der Waals surface area contributed by atoms with Gasteiger partial charge in [-0.25, -0.2) is 4.98 Å². The van der Waals surface area contributed by atoms with Crippen LogP contribution in [0.3, 0.4) is 0 Å². The molecule has 0 unspecified atom stereocenters. The van der Waals surface area contributed by atoms with Crippen molar-refractivity contribution in [1.29, 1.82) is 0 Å². The monoisotopic (exact) mass is 263 g/mol. The topological polar surface area (TPSA) is 61.0 Å². The van der Waals surface area contributed by atoms with E-state index >= 15 is 0 Å². The van der Waals surface area contributed by atoms with Crippen LogP contribution in [0.2, 0.25) is 5.02 Å². The molecule has 0 aliphatic rings. The third-order valence-electron chi connectivity index (χ3n) is 2.26. The van der Waals surface area contributed by atoms with Crippen molar-refractivity contribution in [1.82, 2.24) is 9.97 Å². The molecule has 1 aromatic heterocycles. The van der Waals surface area contributed by atoms with Crippen LogP contribution in [0.4, 0.5) is 5.82 Å².